The summed E-state index contributed by atoms with van der Waals surface area (Å²) in [5.41, 5.74) is 0.432. The first kappa shape index (κ1) is 14.2. The summed E-state index contributed by atoms with van der Waals surface area (Å²) >= 11 is 1.97. The van der Waals surface area contributed by atoms with Crippen LogP contribution in [-0.4, -0.2) is 46.5 Å². The van der Waals surface area contributed by atoms with Gasteiger partial charge in [-0.05, 0) is 37.0 Å². The highest BCUT2D eigenvalue weighted by molar-refractivity contribution is 7.99. The lowest BCUT2D eigenvalue weighted by atomic mass is 9.70. The summed E-state index contributed by atoms with van der Waals surface area (Å²) in [6, 6.07) is 0.454. The van der Waals surface area contributed by atoms with Gasteiger partial charge in [-0.15, -0.1) is 0 Å². The van der Waals surface area contributed by atoms with Crippen LogP contribution in [0.5, 0.6) is 0 Å². The maximum Gasteiger partial charge on any atom is 0.0679 e. The molecule has 0 spiro atoms. The highest BCUT2D eigenvalue weighted by Crippen LogP contribution is 2.66. The third kappa shape index (κ3) is 2.15. The Morgan fingerprint density at radius 3 is 2.58 bits per heavy atom. The van der Waals surface area contributed by atoms with Gasteiger partial charge in [0.05, 0.1) is 12.2 Å². The van der Waals surface area contributed by atoms with Crippen LogP contribution in [0.1, 0.15) is 39.5 Å². The molecule has 5 atom stereocenters. The van der Waals surface area contributed by atoms with E-state index < -0.39 is 0 Å². The molecule has 110 valence electrons. The van der Waals surface area contributed by atoms with Gasteiger partial charge in [-0.3, -0.25) is 0 Å². The number of fused-ring (bicyclic) bond motifs is 2. The Bertz CT molecular complexity index is 349. The van der Waals surface area contributed by atoms with Crippen LogP contribution < -0.4 is 5.32 Å². The van der Waals surface area contributed by atoms with Crippen molar-refractivity contribution >= 4 is 11.8 Å². The minimum atomic E-state index is -0.159. The first-order valence-electron chi connectivity index (χ1n) is 7.63. The Hall–Kier alpha value is 0.230. The van der Waals surface area contributed by atoms with Crippen molar-refractivity contribution in [1.82, 2.24) is 5.32 Å². The molecule has 1 aliphatic heterocycles. The molecule has 3 nitrogen and oxygen atoms in total. The van der Waals surface area contributed by atoms with Crippen molar-refractivity contribution in [1.29, 1.82) is 0 Å². The first-order valence-corrected chi connectivity index (χ1v) is 8.78. The number of aliphatic hydroxyl groups is 2. The average Bonchev–Trinajstić information content (AvgIpc) is 2.91. The molecule has 0 radical (unpaired) electrons. The quantitative estimate of drug-likeness (QED) is 0.735. The molecule has 3 aliphatic rings. The maximum absolute atomic E-state index is 10.5. The second-order valence-electron chi connectivity index (χ2n) is 7.37. The van der Waals surface area contributed by atoms with Crippen LogP contribution in [0.15, 0.2) is 0 Å². The Kier molecular flexibility index (Phi) is 3.66. The van der Waals surface area contributed by atoms with Crippen molar-refractivity contribution in [3.8, 4) is 0 Å². The fraction of sp³-hybridized carbons (Fsp3) is 1.00. The van der Waals surface area contributed by atoms with Crippen LogP contribution in [0.3, 0.4) is 0 Å². The maximum atomic E-state index is 10.5. The molecule has 0 aromatic carbocycles. The molecule has 1 heterocycles. The van der Waals surface area contributed by atoms with E-state index in [1.54, 1.807) is 0 Å². The predicted molar refractivity (Wildman–Crippen MR) is 79.3 cm³/mol. The van der Waals surface area contributed by atoms with Gasteiger partial charge < -0.3 is 15.5 Å². The molecular formula is C15H27NO2S. The van der Waals surface area contributed by atoms with Crippen LogP contribution in [-0.2, 0) is 0 Å². The van der Waals surface area contributed by atoms with Crippen molar-refractivity contribution in [3.05, 3.63) is 0 Å². The van der Waals surface area contributed by atoms with E-state index in [0.717, 1.165) is 36.8 Å². The molecule has 2 saturated carbocycles. The van der Waals surface area contributed by atoms with E-state index >= 15 is 0 Å². The van der Waals surface area contributed by atoms with Gasteiger partial charge in [0.15, 0.2) is 0 Å². The number of rotatable bonds is 4. The summed E-state index contributed by atoms with van der Waals surface area (Å²) in [7, 11) is 0. The molecule has 4 heteroatoms. The van der Waals surface area contributed by atoms with Gasteiger partial charge in [0, 0.05) is 29.5 Å². The molecule has 3 N–H and O–H groups in total. The van der Waals surface area contributed by atoms with E-state index in [-0.39, 0.29) is 17.6 Å². The van der Waals surface area contributed by atoms with Gasteiger partial charge >= 0.3 is 0 Å². The molecule has 3 unspecified atom stereocenters. The van der Waals surface area contributed by atoms with Crippen molar-refractivity contribution < 1.29 is 10.2 Å². The van der Waals surface area contributed by atoms with Gasteiger partial charge in [-0.1, -0.05) is 13.8 Å². The van der Waals surface area contributed by atoms with E-state index in [2.05, 4.69) is 19.2 Å². The number of thioether (sulfide) groups is 1. The zero-order valence-corrected chi connectivity index (χ0v) is 12.9. The molecule has 0 aromatic heterocycles. The van der Waals surface area contributed by atoms with Gasteiger partial charge in [-0.25, -0.2) is 0 Å². The number of nitrogens with one attached hydrogen (secondary N) is 1. The molecule has 0 amide bonds. The average molecular weight is 285 g/mol. The second-order valence-corrected chi connectivity index (χ2v) is 8.41. The van der Waals surface area contributed by atoms with Crippen molar-refractivity contribution in [3.63, 3.8) is 0 Å². The van der Waals surface area contributed by atoms with E-state index in [0.29, 0.717) is 11.5 Å². The Balaban J connectivity index is 1.57. The Morgan fingerprint density at radius 1 is 1.26 bits per heavy atom. The standard InChI is InChI=1S/C15H27NO2S/c1-14(2)10-3-4-15(14,13(18)5-10)9-19-8-11-6-12(17)7-16-11/h10-13,16-18H,3-9H2,1-2H3/t10?,11-,12+,13?,15?/m0/s1. The monoisotopic (exact) mass is 285 g/mol. The number of hydrogen-bond acceptors (Lipinski definition) is 4. The molecular weight excluding hydrogens is 258 g/mol. The lowest BCUT2D eigenvalue weighted by molar-refractivity contribution is 0.0168. The number of hydrogen-bond donors (Lipinski definition) is 3. The Labute approximate surface area is 120 Å². The molecule has 3 fully saturated rings. The van der Waals surface area contributed by atoms with Crippen molar-refractivity contribution in [2.45, 2.75) is 57.8 Å². The summed E-state index contributed by atoms with van der Waals surface area (Å²) in [6.07, 6.45) is 4.12. The minimum Gasteiger partial charge on any atom is -0.392 e. The molecule has 3 rings (SSSR count). The fourth-order valence-electron chi connectivity index (χ4n) is 4.69. The summed E-state index contributed by atoms with van der Waals surface area (Å²) < 4.78 is 0. The van der Waals surface area contributed by atoms with E-state index in [9.17, 15) is 10.2 Å². The highest BCUT2D eigenvalue weighted by atomic mass is 32.2. The fourth-order valence-corrected chi connectivity index (χ4v) is 6.42. The predicted octanol–water partition coefficient (Wildman–Crippen LogP) is 1.63. The topological polar surface area (TPSA) is 52.5 Å². The smallest absolute Gasteiger partial charge is 0.0679 e. The lowest BCUT2D eigenvalue weighted by Gasteiger charge is -2.40. The van der Waals surface area contributed by atoms with Crippen LogP contribution in [0.2, 0.25) is 0 Å². The van der Waals surface area contributed by atoms with Crippen LogP contribution in [0, 0.1) is 16.7 Å². The third-order valence-corrected chi connectivity index (χ3v) is 7.62. The molecule has 19 heavy (non-hydrogen) atoms. The zero-order chi connectivity index (χ0) is 13.7. The van der Waals surface area contributed by atoms with Crippen LogP contribution in [0.25, 0.3) is 0 Å². The molecule has 2 aliphatic carbocycles. The zero-order valence-electron chi connectivity index (χ0n) is 12.1. The first-order chi connectivity index (χ1) is 8.96. The van der Waals surface area contributed by atoms with Gasteiger partial charge in [0.1, 0.15) is 0 Å². The SMILES string of the molecule is CC1(C)C2CCC1(CSC[C@@H]1C[C@@H](O)CN1)C(O)C2. The summed E-state index contributed by atoms with van der Waals surface area (Å²) in [4.78, 5) is 0. The summed E-state index contributed by atoms with van der Waals surface area (Å²) in [5, 5.41) is 23.4. The minimum absolute atomic E-state index is 0.101. The van der Waals surface area contributed by atoms with Crippen LogP contribution >= 0.6 is 11.8 Å². The summed E-state index contributed by atoms with van der Waals surface area (Å²) in [6.45, 7) is 5.46. The summed E-state index contributed by atoms with van der Waals surface area (Å²) in [5.74, 6) is 2.85. The number of β-amino-alcohol motifs (C(OH)–C–C–N with tert-alkyl or cyclic N) is 1. The number of aliphatic hydroxyl groups excluding tert-OH is 2. The van der Waals surface area contributed by atoms with Crippen molar-refractivity contribution in [2.24, 2.45) is 16.7 Å². The van der Waals surface area contributed by atoms with Crippen molar-refractivity contribution in [2.75, 3.05) is 18.1 Å². The second kappa shape index (κ2) is 4.90. The van der Waals surface area contributed by atoms with Crippen LogP contribution in [0.4, 0.5) is 0 Å². The molecule has 0 aromatic rings. The van der Waals surface area contributed by atoms with E-state index in [1.165, 1.54) is 12.8 Å². The highest BCUT2D eigenvalue weighted by Gasteiger charge is 2.63. The van der Waals surface area contributed by atoms with Gasteiger partial charge in [-0.2, -0.15) is 11.8 Å². The van der Waals surface area contributed by atoms with E-state index in [4.69, 9.17) is 0 Å². The van der Waals surface area contributed by atoms with Gasteiger partial charge in [0.25, 0.3) is 0 Å². The lowest BCUT2D eigenvalue weighted by Crippen LogP contribution is -2.41. The third-order valence-electron chi connectivity index (χ3n) is 6.27. The van der Waals surface area contributed by atoms with E-state index in [1.807, 2.05) is 11.8 Å². The normalized spacial score (nSPS) is 48.0. The Morgan fingerprint density at radius 2 is 2.05 bits per heavy atom. The van der Waals surface area contributed by atoms with Gasteiger partial charge in [0.2, 0.25) is 0 Å². The molecule has 2 bridgehead atoms. The largest absolute Gasteiger partial charge is 0.392 e. The molecule has 1 saturated heterocycles.